The molecule has 1 aliphatic rings. The average Bonchev–Trinajstić information content (AvgIpc) is 3.09. The molecular formula is C16H18N4O2. The zero-order valence-corrected chi connectivity index (χ0v) is 12.5. The first-order valence-corrected chi connectivity index (χ1v) is 7.30. The number of carbonyl (C=O) groups is 1. The van der Waals surface area contributed by atoms with E-state index in [1.807, 2.05) is 29.2 Å². The summed E-state index contributed by atoms with van der Waals surface area (Å²) in [4.78, 5) is 14.0. The van der Waals surface area contributed by atoms with Gasteiger partial charge in [-0.25, -0.2) is 0 Å². The highest BCUT2D eigenvalue weighted by Gasteiger charge is 2.20. The summed E-state index contributed by atoms with van der Waals surface area (Å²) in [7, 11) is 1.62. The van der Waals surface area contributed by atoms with Crippen molar-refractivity contribution in [3.8, 4) is 5.75 Å². The van der Waals surface area contributed by atoms with E-state index < -0.39 is 0 Å². The molecule has 6 heteroatoms. The van der Waals surface area contributed by atoms with Gasteiger partial charge in [0, 0.05) is 24.8 Å². The van der Waals surface area contributed by atoms with Crippen LogP contribution in [-0.2, 0) is 0 Å². The molecule has 6 nitrogen and oxygen atoms in total. The topological polar surface area (TPSA) is 67.3 Å². The van der Waals surface area contributed by atoms with E-state index in [4.69, 9.17) is 4.74 Å². The normalized spacial score (nSPS) is 14.0. The van der Waals surface area contributed by atoms with Crippen LogP contribution in [0.5, 0.6) is 5.75 Å². The summed E-state index contributed by atoms with van der Waals surface area (Å²) in [5, 5.41) is 11.2. The Kier molecular flexibility index (Phi) is 4.18. The average molecular weight is 298 g/mol. The van der Waals surface area contributed by atoms with Gasteiger partial charge in [-0.1, -0.05) is 6.07 Å². The molecule has 1 aromatic heterocycles. The first-order valence-electron chi connectivity index (χ1n) is 7.30. The van der Waals surface area contributed by atoms with E-state index in [2.05, 4.69) is 15.5 Å². The van der Waals surface area contributed by atoms with Gasteiger partial charge in [-0.05, 0) is 37.1 Å². The van der Waals surface area contributed by atoms with Crippen molar-refractivity contribution in [2.75, 3.05) is 25.5 Å². The van der Waals surface area contributed by atoms with Gasteiger partial charge in [0.25, 0.3) is 5.91 Å². The maximum atomic E-state index is 12.2. The lowest BCUT2D eigenvalue weighted by atomic mass is 10.3. The summed E-state index contributed by atoms with van der Waals surface area (Å²) in [5.74, 6) is 1.31. The number of amides is 1. The SMILES string of the molecule is COc1cccc(Nc2ccc(C(=O)N3CCCC3)nn2)c1. The van der Waals surface area contributed by atoms with Crippen molar-refractivity contribution in [3.63, 3.8) is 0 Å². The number of ether oxygens (including phenoxy) is 1. The minimum absolute atomic E-state index is 0.0436. The lowest BCUT2D eigenvalue weighted by molar-refractivity contribution is 0.0786. The molecule has 1 aliphatic heterocycles. The van der Waals surface area contributed by atoms with Crippen LogP contribution >= 0.6 is 0 Å². The first-order chi connectivity index (χ1) is 10.8. The second-order valence-corrected chi connectivity index (χ2v) is 5.16. The number of nitrogens with zero attached hydrogens (tertiary/aromatic N) is 3. The summed E-state index contributed by atoms with van der Waals surface area (Å²) in [5.41, 5.74) is 1.24. The lowest BCUT2D eigenvalue weighted by Crippen LogP contribution is -2.28. The molecule has 0 atom stereocenters. The summed E-state index contributed by atoms with van der Waals surface area (Å²) in [6.45, 7) is 1.62. The van der Waals surface area contributed by atoms with Gasteiger partial charge in [-0.3, -0.25) is 4.79 Å². The van der Waals surface area contributed by atoms with Crippen LogP contribution in [0.2, 0.25) is 0 Å². The van der Waals surface area contributed by atoms with Gasteiger partial charge in [-0.15, -0.1) is 10.2 Å². The van der Waals surface area contributed by atoms with Crippen molar-refractivity contribution in [2.24, 2.45) is 0 Å². The van der Waals surface area contributed by atoms with Crippen LogP contribution < -0.4 is 10.1 Å². The van der Waals surface area contributed by atoms with E-state index in [0.29, 0.717) is 11.5 Å². The zero-order valence-electron chi connectivity index (χ0n) is 12.5. The number of benzene rings is 1. The molecule has 0 saturated carbocycles. The monoisotopic (exact) mass is 298 g/mol. The van der Waals surface area contributed by atoms with Crippen molar-refractivity contribution in [1.82, 2.24) is 15.1 Å². The number of hydrogen-bond acceptors (Lipinski definition) is 5. The second-order valence-electron chi connectivity index (χ2n) is 5.16. The van der Waals surface area contributed by atoms with Gasteiger partial charge in [0.15, 0.2) is 11.5 Å². The highest BCUT2D eigenvalue weighted by molar-refractivity contribution is 5.92. The van der Waals surface area contributed by atoms with E-state index in [9.17, 15) is 4.79 Å². The molecule has 1 N–H and O–H groups in total. The number of likely N-dealkylation sites (tertiary alicyclic amines) is 1. The van der Waals surface area contributed by atoms with Crippen molar-refractivity contribution in [1.29, 1.82) is 0 Å². The fraction of sp³-hybridized carbons (Fsp3) is 0.312. The van der Waals surface area contributed by atoms with Crippen LogP contribution in [0.25, 0.3) is 0 Å². The van der Waals surface area contributed by atoms with E-state index in [-0.39, 0.29) is 5.91 Å². The lowest BCUT2D eigenvalue weighted by Gasteiger charge is -2.14. The Labute approximate surface area is 129 Å². The Morgan fingerprint density at radius 2 is 2.00 bits per heavy atom. The Morgan fingerprint density at radius 1 is 1.18 bits per heavy atom. The third-order valence-corrected chi connectivity index (χ3v) is 3.62. The van der Waals surface area contributed by atoms with Crippen LogP contribution in [-0.4, -0.2) is 41.2 Å². The number of anilines is 2. The Balaban J connectivity index is 1.69. The molecule has 2 heterocycles. The zero-order chi connectivity index (χ0) is 15.4. The maximum Gasteiger partial charge on any atom is 0.274 e. The number of aromatic nitrogens is 2. The predicted octanol–water partition coefficient (Wildman–Crippen LogP) is 2.46. The van der Waals surface area contributed by atoms with Gasteiger partial charge in [-0.2, -0.15) is 0 Å². The van der Waals surface area contributed by atoms with E-state index >= 15 is 0 Å². The molecule has 0 unspecified atom stereocenters. The summed E-state index contributed by atoms with van der Waals surface area (Å²) < 4.78 is 5.17. The first kappa shape index (κ1) is 14.3. The molecule has 0 spiro atoms. The summed E-state index contributed by atoms with van der Waals surface area (Å²) in [6.07, 6.45) is 2.13. The molecule has 1 saturated heterocycles. The molecule has 3 rings (SSSR count). The molecule has 0 aliphatic carbocycles. The molecular weight excluding hydrogens is 280 g/mol. The van der Waals surface area contributed by atoms with Crippen LogP contribution in [0.3, 0.4) is 0 Å². The molecule has 0 radical (unpaired) electrons. The molecule has 22 heavy (non-hydrogen) atoms. The van der Waals surface area contributed by atoms with Crippen molar-refractivity contribution >= 4 is 17.4 Å². The minimum Gasteiger partial charge on any atom is -0.497 e. The smallest absolute Gasteiger partial charge is 0.274 e. The minimum atomic E-state index is -0.0436. The third kappa shape index (κ3) is 3.16. The van der Waals surface area contributed by atoms with Gasteiger partial charge in [0.1, 0.15) is 5.75 Å². The Bertz CT molecular complexity index is 651. The van der Waals surface area contributed by atoms with Crippen LogP contribution in [0.1, 0.15) is 23.3 Å². The van der Waals surface area contributed by atoms with Gasteiger partial charge in [0.2, 0.25) is 0 Å². The van der Waals surface area contributed by atoms with Gasteiger partial charge < -0.3 is 15.0 Å². The highest BCUT2D eigenvalue weighted by atomic mass is 16.5. The van der Waals surface area contributed by atoms with Crippen LogP contribution in [0, 0.1) is 0 Å². The molecule has 0 bridgehead atoms. The highest BCUT2D eigenvalue weighted by Crippen LogP contribution is 2.20. The van der Waals surface area contributed by atoms with E-state index in [1.54, 1.807) is 19.2 Å². The predicted molar refractivity (Wildman–Crippen MR) is 83.4 cm³/mol. The standard InChI is InChI=1S/C16H18N4O2/c1-22-13-6-4-5-12(11-13)17-15-8-7-14(18-19-15)16(21)20-9-2-3-10-20/h4-8,11H,2-3,9-10H2,1H3,(H,17,19). The fourth-order valence-electron chi connectivity index (χ4n) is 2.44. The Hall–Kier alpha value is -2.63. The number of nitrogens with one attached hydrogen (secondary N) is 1. The van der Waals surface area contributed by atoms with Gasteiger partial charge >= 0.3 is 0 Å². The molecule has 114 valence electrons. The number of carbonyl (C=O) groups excluding carboxylic acids is 1. The van der Waals surface area contributed by atoms with E-state index in [1.165, 1.54) is 0 Å². The van der Waals surface area contributed by atoms with E-state index in [0.717, 1.165) is 37.4 Å². The largest absolute Gasteiger partial charge is 0.497 e. The third-order valence-electron chi connectivity index (χ3n) is 3.62. The number of methoxy groups -OCH3 is 1. The van der Waals surface area contributed by atoms with Crippen LogP contribution in [0.15, 0.2) is 36.4 Å². The quantitative estimate of drug-likeness (QED) is 0.939. The van der Waals surface area contributed by atoms with Crippen molar-refractivity contribution in [2.45, 2.75) is 12.8 Å². The summed E-state index contributed by atoms with van der Waals surface area (Å²) >= 11 is 0. The van der Waals surface area contributed by atoms with Crippen molar-refractivity contribution < 1.29 is 9.53 Å². The maximum absolute atomic E-state index is 12.2. The molecule has 2 aromatic rings. The molecule has 1 fully saturated rings. The molecule has 1 aromatic carbocycles. The van der Waals surface area contributed by atoms with Crippen LogP contribution in [0.4, 0.5) is 11.5 Å². The number of hydrogen-bond donors (Lipinski definition) is 1. The molecule has 1 amide bonds. The number of rotatable bonds is 4. The summed E-state index contributed by atoms with van der Waals surface area (Å²) in [6, 6.07) is 11.0. The van der Waals surface area contributed by atoms with Gasteiger partial charge in [0.05, 0.1) is 7.11 Å². The Morgan fingerprint density at radius 3 is 2.68 bits per heavy atom. The van der Waals surface area contributed by atoms with Crippen molar-refractivity contribution in [3.05, 3.63) is 42.1 Å². The second kappa shape index (κ2) is 6.43. The fourth-order valence-corrected chi connectivity index (χ4v) is 2.44.